The van der Waals surface area contributed by atoms with E-state index >= 15 is 0 Å². The summed E-state index contributed by atoms with van der Waals surface area (Å²) < 4.78 is 5.47. The van der Waals surface area contributed by atoms with E-state index in [2.05, 4.69) is 17.4 Å². The predicted octanol–water partition coefficient (Wildman–Crippen LogP) is 5.19. The van der Waals surface area contributed by atoms with E-state index in [0.717, 1.165) is 42.6 Å². The lowest BCUT2D eigenvalue weighted by Crippen LogP contribution is -2.59. The van der Waals surface area contributed by atoms with Crippen molar-refractivity contribution in [1.82, 2.24) is 10.2 Å². The zero-order valence-corrected chi connectivity index (χ0v) is 21.0. The Morgan fingerprint density at radius 2 is 1.76 bits per heavy atom. The summed E-state index contributed by atoms with van der Waals surface area (Å²) in [6.45, 7) is 5.92. The van der Waals surface area contributed by atoms with Crippen molar-refractivity contribution in [3.63, 3.8) is 0 Å². The topological polar surface area (TPSA) is 82.0 Å². The molecule has 2 aromatic carbocycles. The van der Waals surface area contributed by atoms with Crippen LogP contribution in [0.4, 0.5) is 4.79 Å². The number of rotatable bonds is 9. The van der Waals surface area contributed by atoms with Crippen LogP contribution in [0.15, 0.2) is 54.6 Å². The summed E-state index contributed by atoms with van der Waals surface area (Å²) in [5.74, 6) is 0.816. The van der Waals surface area contributed by atoms with E-state index in [4.69, 9.17) is 4.74 Å². The number of nitrogens with zero attached hydrogens (tertiary/aromatic N) is 1. The first-order valence-electron chi connectivity index (χ1n) is 12.3. The molecule has 1 aliphatic carbocycles. The van der Waals surface area contributed by atoms with E-state index in [1.807, 2.05) is 63.2 Å². The Labute approximate surface area is 203 Å². The van der Waals surface area contributed by atoms with Crippen LogP contribution in [0.25, 0.3) is 0 Å². The molecule has 0 radical (unpaired) electrons. The van der Waals surface area contributed by atoms with Crippen LogP contribution in [0.2, 0.25) is 0 Å². The fourth-order valence-corrected chi connectivity index (χ4v) is 5.26. The van der Waals surface area contributed by atoms with Crippen molar-refractivity contribution in [2.24, 2.45) is 0 Å². The highest BCUT2D eigenvalue weighted by molar-refractivity contribution is 5.66. The van der Waals surface area contributed by atoms with Gasteiger partial charge in [0.25, 0.3) is 0 Å². The van der Waals surface area contributed by atoms with E-state index in [9.17, 15) is 15.0 Å². The summed E-state index contributed by atoms with van der Waals surface area (Å²) in [6.07, 6.45) is 3.90. The standard InChI is InChI=1S/C28H40N2O4/c1-27(2,3)30(26(32)33)24(18-21-12-7-5-8-13-21)25(31)20-29-28(16-9-6-10-17-28)22-14-11-15-23(19-22)34-4/h5,7-8,11-15,19,24-25,29,31H,6,9-10,16-18,20H2,1-4H3,(H,32,33)/t24-,25-/m0/s1. The third kappa shape index (κ3) is 6.30. The predicted molar refractivity (Wildman–Crippen MR) is 135 cm³/mol. The number of hydrogen-bond donors (Lipinski definition) is 3. The molecule has 1 amide bonds. The molecule has 6 heteroatoms. The average Bonchev–Trinajstić information content (AvgIpc) is 2.82. The van der Waals surface area contributed by atoms with Crippen molar-refractivity contribution < 1.29 is 19.7 Å². The summed E-state index contributed by atoms with van der Waals surface area (Å²) in [6, 6.07) is 17.3. The van der Waals surface area contributed by atoms with Gasteiger partial charge in [0, 0.05) is 17.6 Å². The molecule has 3 N–H and O–H groups in total. The maximum absolute atomic E-state index is 12.3. The number of methoxy groups -OCH3 is 1. The number of carboxylic acid groups (broad SMARTS) is 1. The van der Waals surface area contributed by atoms with E-state index < -0.39 is 23.8 Å². The normalized spacial score (nSPS) is 17.6. The van der Waals surface area contributed by atoms with Crippen molar-refractivity contribution in [3.8, 4) is 5.75 Å². The van der Waals surface area contributed by atoms with Crippen LogP contribution in [0, 0.1) is 0 Å². The van der Waals surface area contributed by atoms with Crippen LogP contribution in [-0.2, 0) is 12.0 Å². The SMILES string of the molecule is COc1cccc(C2(NC[C@H](O)[C@H](Cc3ccccc3)N(C(=O)O)C(C)(C)C)CCCCC2)c1. The van der Waals surface area contributed by atoms with Crippen LogP contribution < -0.4 is 10.1 Å². The molecule has 0 spiro atoms. The second-order valence-electron chi connectivity index (χ2n) is 10.4. The van der Waals surface area contributed by atoms with Gasteiger partial charge in [0.15, 0.2) is 0 Å². The maximum atomic E-state index is 12.3. The summed E-state index contributed by atoms with van der Waals surface area (Å²) in [5, 5.41) is 25.2. The maximum Gasteiger partial charge on any atom is 0.408 e. The molecule has 1 aliphatic rings. The molecule has 0 bridgehead atoms. The summed E-state index contributed by atoms with van der Waals surface area (Å²) >= 11 is 0. The van der Waals surface area contributed by atoms with Gasteiger partial charge in [0.05, 0.1) is 19.3 Å². The third-order valence-electron chi connectivity index (χ3n) is 6.97. The van der Waals surface area contributed by atoms with E-state index in [-0.39, 0.29) is 5.54 Å². The first-order chi connectivity index (χ1) is 16.2. The van der Waals surface area contributed by atoms with Gasteiger partial charge in [-0.2, -0.15) is 0 Å². The van der Waals surface area contributed by atoms with Gasteiger partial charge in [-0.3, -0.25) is 4.90 Å². The van der Waals surface area contributed by atoms with Crippen molar-refractivity contribution in [1.29, 1.82) is 0 Å². The van der Waals surface area contributed by atoms with Crippen molar-refractivity contribution in [2.45, 2.75) is 82.5 Å². The number of nitrogens with one attached hydrogen (secondary N) is 1. The largest absolute Gasteiger partial charge is 0.497 e. The zero-order valence-electron chi connectivity index (χ0n) is 21.0. The van der Waals surface area contributed by atoms with E-state index in [1.165, 1.54) is 11.3 Å². The fourth-order valence-electron chi connectivity index (χ4n) is 5.26. The monoisotopic (exact) mass is 468 g/mol. The summed E-state index contributed by atoms with van der Waals surface area (Å²) in [7, 11) is 1.67. The third-order valence-corrected chi connectivity index (χ3v) is 6.97. The molecule has 1 fully saturated rings. The smallest absolute Gasteiger partial charge is 0.408 e. The minimum atomic E-state index is -1.02. The lowest BCUT2D eigenvalue weighted by Gasteiger charge is -2.44. The number of ether oxygens (including phenoxy) is 1. The second kappa shape index (κ2) is 11.2. The molecule has 1 saturated carbocycles. The van der Waals surface area contributed by atoms with Crippen molar-refractivity contribution in [2.75, 3.05) is 13.7 Å². The Hall–Kier alpha value is -2.57. The number of aliphatic hydroxyl groups excluding tert-OH is 1. The zero-order chi connectivity index (χ0) is 24.8. The van der Waals surface area contributed by atoms with Crippen LogP contribution in [0.3, 0.4) is 0 Å². The van der Waals surface area contributed by atoms with Gasteiger partial charge < -0.3 is 20.3 Å². The number of aliphatic hydroxyl groups is 1. The van der Waals surface area contributed by atoms with Crippen molar-refractivity contribution >= 4 is 6.09 Å². The highest BCUT2D eigenvalue weighted by Crippen LogP contribution is 2.38. The molecule has 6 nitrogen and oxygen atoms in total. The molecule has 0 unspecified atom stereocenters. The van der Waals surface area contributed by atoms with Gasteiger partial charge in [0.2, 0.25) is 0 Å². The van der Waals surface area contributed by atoms with E-state index in [1.54, 1.807) is 7.11 Å². The van der Waals surface area contributed by atoms with Crippen LogP contribution in [-0.4, -0.2) is 52.5 Å². The first-order valence-corrected chi connectivity index (χ1v) is 12.3. The summed E-state index contributed by atoms with van der Waals surface area (Å²) in [4.78, 5) is 13.7. The Bertz CT molecular complexity index is 920. The number of hydrogen-bond acceptors (Lipinski definition) is 4. The fraction of sp³-hybridized carbons (Fsp3) is 0.536. The molecule has 186 valence electrons. The Morgan fingerprint density at radius 3 is 2.35 bits per heavy atom. The van der Waals surface area contributed by atoms with Gasteiger partial charge >= 0.3 is 6.09 Å². The minimum Gasteiger partial charge on any atom is -0.497 e. The molecule has 0 heterocycles. The lowest BCUT2D eigenvalue weighted by atomic mass is 9.76. The van der Waals surface area contributed by atoms with Gasteiger partial charge in [-0.15, -0.1) is 0 Å². The van der Waals surface area contributed by atoms with Gasteiger partial charge in [-0.05, 0) is 63.3 Å². The number of amides is 1. The minimum absolute atomic E-state index is 0.263. The Morgan fingerprint density at radius 1 is 1.09 bits per heavy atom. The van der Waals surface area contributed by atoms with Crippen LogP contribution >= 0.6 is 0 Å². The van der Waals surface area contributed by atoms with Crippen LogP contribution in [0.5, 0.6) is 5.75 Å². The van der Waals surface area contributed by atoms with E-state index in [0.29, 0.717) is 13.0 Å². The molecular formula is C28H40N2O4. The summed E-state index contributed by atoms with van der Waals surface area (Å²) in [5.41, 5.74) is 1.24. The highest BCUT2D eigenvalue weighted by atomic mass is 16.5. The molecular weight excluding hydrogens is 428 g/mol. The molecule has 0 saturated heterocycles. The number of carbonyl (C=O) groups is 1. The molecule has 0 aromatic heterocycles. The molecule has 3 rings (SSSR count). The van der Waals surface area contributed by atoms with Crippen molar-refractivity contribution in [3.05, 3.63) is 65.7 Å². The Kier molecular flexibility index (Phi) is 8.61. The van der Waals surface area contributed by atoms with Gasteiger partial charge in [-0.1, -0.05) is 61.7 Å². The Balaban J connectivity index is 1.87. The molecule has 34 heavy (non-hydrogen) atoms. The quantitative estimate of drug-likeness (QED) is 0.472. The average molecular weight is 469 g/mol. The highest BCUT2D eigenvalue weighted by Gasteiger charge is 2.39. The number of benzene rings is 2. The lowest BCUT2D eigenvalue weighted by molar-refractivity contribution is 0.00343. The molecule has 0 aliphatic heterocycles. The van der Waals surface area contributed by atoms with Gasteiger partial charge in [-0.25, -0.2) is 4.79 Å². The first kappa shape index (κ1) is 26.0. The molecule has 2 aromatic rings. The molecule has 2 atom stereocenters. The second-order valence-corrected chi connectivity index (χ2v) is 10.4. The van der Waals surface area contributed by atoms with Gasteiger partial charge in [0.1, 0.15) is 5.75 Å². The van der Waals surface area contributed by atoms with Crippen LogP contribution in [0.1, 0.15) is 64.0 Å².